The first-order valence-electron chi connectivity index (χ1n) is 5.89. The van der Waals surface area contributed by atoms with Gasteiger partial charge in [-0.1, -0.05) is 0 Å². The Morgan fingerprint density at radius 2 is 2.38 bits per heavy atom. The topological polar surface area (TPSA) is 41.6 Å². The average Bonchev–Trinajstić information content (AvgIpc) is 2.71. The molecule has 94 valence electrons. The molecule has 0 bridgehead atoms. The molecule has 2 aliphatic rings. The van der Waals surface area contributed by atoms with Crippen LogP contribution in [0.1, 0.15) is 26.2 Å². The van der Waals surface area contributed by atoms with Crippen LogP contribution in [0.3, 0.4) is 0 Å². The summed E-state index contributed by atoms with van der Waals surface area (Å²) in [5.41, 5.74) is 0. The third kappa shape index (κ3) is 3.34. The third-order valence-electron chi connectivity index (χ3n) is 3.25. The second-order valence-electron chi connectivity index (χ2n) is 4.48. The molecule has 1 unspecified atom stereocenters. The van der Waals surface area contributed by atoms with Crippen molar-refractivity contribution in [1.29, 1.82) is 0 Å². The van der Waals surface area contributed by atoms with E-state index in [1.165, 1.54) is 0 Å². The van der Waals surface area contributed by atoms with Gasteiger partial charge >= 0.3 is 0 Å². The van der Waals surface area contributed by atoms with Gasteiger partial charge in [-0.3, -0.25) is 4.79 Å². The Kier molecular flexibility index (Phi) is 5.52. The minimum Gasteiger partial charge on any atom is -0.378 e. The second kappa shape index (κ2) is 6.42. The molecule has 5 heteroatoms. The summed E-state index contributed by atoms with van der Waals surface area (Å²) in [5.74, 6) is 0.260. The fourth-order valence-corrected chi connectivity index (χ4v) is 2.33. The summed E-state index contributed by atoms with van der Waals surface area (Å²) in [7, 11) is 0. The van der Waals surface area contributed by atoms with Crippen molar-refractivity contribution < 1.29 is 9.53 Å². The van der Waals surface area contributed by atoms with Gasteiger partial charge in [-0.2, -0.15) is 0 Å². The number of nitrogens with one attached hydrogen (secondary N) is 1. The van der Waals surface area contributed by atoms with E-state index in [4.69, 9.17) is 4.74 Å². The van der Waals surface area contributed by atoms with E-state index < -0.39 is 0 Å². The first-order valence-corrected chi connectivity index (χ1v) is 5.89. The molecule has 0 spiro atoms. The number of carbonyl (C=O) groups excluding carboxylic acids is 1. The summed E-state index contributed by atoms with van der Waals surface area (Å²) in [6.07, 6.45) is 2.91. The van der Waals surface area contributed by atoms with Gasteiger partial charge < -0.3 is 15.0 Å². The highest BCUT2D eigenvalue weighted by Crippen LogP contribution is 2.17. The summed E-state index contributed by atoms with van der Waals surface area (Å²) in [5, 5.41) is 3.29. The summed E-state index contributed by atoms with van der Waals surface area (Å²) in [4.78, 5) is 14.0. The van der Waals surface area contributed by atoms with Crippen molar-refractivity contribution in [3.63, 3.8) is 0 Å². The first kappa shape index (κ1) is 13.7. The minimum atomic E-state index is 0. The van der Waals surface area contributed by atoms with Crippen molar-refractivity contribution in [2.75, 3.05) is 26.2 Å². The van der Waals surface area contributed by atoms with Crippen LogP contribution in [-0.2, 0) is 9.53 Å². The Morgan fingerprint density at radius 3 is 3.00 bits per heavy atom. The first-order chi connectivity index (χ1) is 7.27. The standard InChI is InChI=1S/C11H20N2O2.ClH/c1-9-8-12-4-5-13(9)11(14)7-10-3-2-6-15-10;/h9-10,12H,2-8H2,1H3;1H/t9-,10?;/m0./s1. The highest BCUT2D eigenvalue weighted by atomic mass is 35.5. The van der Waals surface area contributed by atoms with Crippen LogP contribution in [0.15, 0.2) is 0 Å². The molecule has 2 fully saturated rings. The van der Waals surface area contributed by atoms with E-state index in [2.05, 4.69) is 12.2 Å². The molecule has 0 radical (unpaired) electrons. The summed E-state index contributed by atoms with van der Waals surface area (Å²) in [6, 6.07) is 0.327. The normalized spacial score (nSPS) is 29.9. The molecular formula is C11H21ClN2O2. The molecular weight excluding hydrogens is 228 g/mol. The van der Waals surface area contributed by atoms with Crippen molar-refractivity contribution in [3.05, 3.63) is 0 Å². The lowest BCUT2D eigenvalue weighted by molar-refractivity contribution is -0.136. The molecule has 0 aromatic heterocycles. The van der Waals surface area contributed by atoms with Crippen LogP contribution in [0.2, 0.25) is 0 Å². The van der Waals surface area contributed by atoms with Crippen molar-refractivity contribution in [2.24, 2.45) is 0 Å². The van der Waals surface area contributed by atoms with E-state index in [-0.39, 0.29) is 24.4 Å². The lowest BCUT2D eigenvalue weighted by atomic mass is 10.1. The Bertz CT molecular complexity index is 232. The molecule has 2 heterocycles. The zero-order valence-corrected chi connectivity index (χ0v) is 10.6. The molecule has 1 N–H and O–H groups in total. The van der Waals surface area contributed by atoms with E-state index in [0.29, 0.717) is 12.5 Å². The van der Waals surface area contributed by atoms with Gasteiger partial charge in [0, 0.05) is 32.3 Å². The monoisotopic (exact) mass is 248 g/mol. The number of ether oxygens (including phenoxy) is 1. The molecule has 2 aliphatic heterocycles. The predicted octanol–water partition coefficient (Wildman–Crippen LogP) is 0.798. The van der Waals surface area contributed by atoms with Crippen molar-refractivity contribution in [2.45, 2.75) is 38.3 Å². The molecule has 4 nitrogen and oxygen atoms in total. The van der Waals surface area contributed by atoms with E-state index >= 15 is 0 Å². The number of rotatable bonds is 2. The third-order valence-corrected chi connectivity index (χ3v) is 3.25. The lowest BCUT2D eigenvalue weighted by Crippen LogP contribution is -2.52. The summed E-state index contributed by atoms with van der Waals surface area (Å²) in [6.45, 7) is 5.60. The van der Waals surface area contributed by atoms with E-state index in [9.17, 15) is 4.79 Å². The molecule has 2 rings (SSSR count). The summed E-state index contributed by atoms with van der Waals surface area (Å²) >= 11 is 0. The lowest BCUT2D eigenvalue weighted by Gasteiger charge is -2.34. The molecule has 1 amide bonds. The number of hydrogen-bond donors (Lipinski definition) is 1. The fraction of sp³-hybridized carbons (Fsp3) is 0.909. The van der Waals surface area contributed by atoms with Crippen LogP contribution < -0.4 is 5.32 Å². The molecule has 16 heavy (non-hydrogen) atoms. The minimum absolute atomic E-state index is 0. The SMILES string of the molecule is C[C@H]1CNCCN1C(=O)CC1CCCO1.Cl. The Labute approximate surface area is 103 Å². The van der Waals surface area contributed by atoms with Gasteiger partial charge in [0.25, 0.3) is 0 Å². The van der Waals surface area contributed by atoms with Crippen LogP contribution in [0, 0.1) is 0 Å². The fourth-order valence-electron chi connectivity index (χ4n) is 2.33. The van der Waals surface area contributed by atoms with Crippen molar-refractivity contribution in [1.82, 2.24) is 10.2 Å². The van der Waals surface area contributed by atoms with Gasteiger partial charge in [0.05, 0.1) is 12.5 Å². The zero-order chi connectivity index (χ0) is 10.7. The van der Waals surface area contributed by atoms with Crippen LogP contribution in [0.4, 0.5) is 0 Å². The maximum Gasteiger partial charge on any atom is 0.225 e. The number of nitrogens with zero attached hydrogens (tertiary/aromatic N) is 1. The van der Waals surface area contributed by atoms with Gasteiger partial charge in [0.1, 0.15) is 0 Å². The Hall–Kier alpha value is -0.320. The van der Waals surface area contributed by atoms with Crippen LogP contribution >= 0.6 is 12.4 Å². The van der Waals surface area contributed by atoms with E-state index in [0.717, 1.165) is 39.1 Å². The maximum atomic E-state index is 12.0. The number of carbonyl (C=O) groups is 1. The van der Waals surface area contributed by atoms with Crippen molar-refractivity contribution in [3.8, 4) is 0 Å². The van der Waals surface area contributed by atoms with Gasteiger partial charge in [-0.25, -0.2) is 0 Å². The highest BCUT2D eigenvalue weighted by Gasteiger charge is 2.26. The van der Waals surface area contributed by atoms with E-state index in [1.54, 1.807) is 0 Å². The average molecular weight is 249 g/mol. The maximum absolute atomic E-state index is 12.0. The van der Waals surface area contributed by atoms with Crippen molar-refractivity contribution >= 4 is 18.3 Å². The number of amides is 1. The predicted molar refractivity (Wildman–Crippen MR) is 64.9 cm³/mol. The second-order valence-corrected chi connectivity index (χ2v) is 4.48. The Balaban J connectivity index is 0.00000128. The Morgan fingerprint density at radius 1 is 1.56 bits per heavy atom. The molecule has 0 aromatic carbocycles. The van der Waals surface area contributed by atoms with Gasteiger partial charge in [0.2, 0.25) is 5.91 Å². The smallest absolute Gasteiger partial charge is 0.225 e. The van der Waals surface area contributed by atoms with E-state index in [1.807, 2.05) is 4.90 Å². The summed E-state index contributed by atoms with van der Waals surface area (Å²) < 4.78 is 5.49. The number of piperazine rings is 1. The van der Waals surface area contributed by atoms with Gasteiger partial charge in [-0.15, -0.1) is 12.4 Å². The number of hydrogen-bond acceptors (Lipinski definition) is 3. The van der Waals surface area contributed by atoms with Crippen LogP contribution in [-0.4, -0.2) is 49.2 Å². The zero-order valence-electron chi connectivity index (χ0n) is 9.78. The van der Waals surface area contributed by atoms with Gasteiger partial charge in [-0.05, 0) is 19.8 Å². The quantitative estimate of drug-likeness (QED) is 0.786. The molecule has 0 aromatic rings. The van der Waals surface area contributed by atoms with Gasteiger partial charge in [0.15, 0.2) is 0 Å². The largest absolute Gasteiger partial charge is 0.378 e. The van der Waals surface area contributed by atoms with Crippen LogP contribution in [0.25, 0.3) is 0 Å². The number of halogens is 1. The molecule has 2 atom stereocenters. The molecule has 2 saturated heterocycles. The van der Waals surface area contributed by atoms with Crippen LogP contribution in [0.5, 0.6) is 0 Å². The highest BCUT2D eigenvalue weighted by molar-refractivity contribution is 5.85. The molecule has 0 saturated carbocycles. The molecule has 0 aliphatic carbocycles.